The number of nitrogens with zero attached hydrogens (tertiary/aromatic N) is 2. The molecule has 0 aliphatic heterocycles. The number of fused-ring (bicyclic) bond motifs is 1. The van der Waals surface area contributed by atoms with Gasteiger partial charge < -0.3 is 9.73 Å². The van der Waals surface area contributed by atoms with Crippen LogP contribution in [0.2, 0.25) is 0 Å². The molecule has 128 valence electrons. The second-order valence-electron chi connectivity index (χ2n) is 6.04. The van der Waals surface area contributed by atoms with E-state index in [4.69, 9.17) is 4.42 Å². The molecule has 0 bridgehead atoms. The fourth-order valence-corrected chi connectivity index (χ4v) is 2.91. The summed E-state index contributed by atoms with van der Waals surface area (Å²) in [5.74, 6) is 0.168. The van der Waals surface area contributed by atoms with Crippen LogP contribution >= 0.6 is 0 Å². The van der Waals surface area contributed by atoms with Crippen molar-refractivity contribution in [3.05, 3.63) is 84.6 Å². The van der Waals surface area contributed by atoms with Crippen LogP contribution in [0.15, 0.2) is 77.7 Å². The molecule has 4 rings (SSSR count). The highest BCUT2D eigenvalue weighted by Crippen LogP contribution is 2.27. The van der Waals surface area contributed by atoms with E-state index in [0.717, 1.165) is 22.0 Å². The summed E-state index contributed by atoms with van der Waals surface area (Å²) in [6.07, 6.45) is 3.00. The Morgan fingerprint density at radius 2 is 1.81 bits per heavy atom. The van der Waals surface area contributed by atoms with E-state index in [1.54, 1.807) is 6.20 Å². The highest BCUT2D eigenvalue weighted by atomic mass is 16.3. The van der Waals surface area contributed by atoms with Gasteiger partial charge in [0.05, 0.1) is 11.7 Å². The van der Waals surface area contributed by atoms with E-state index in [2.05, 4.69) is 15.3 Å². The maximum absolute atomic E-state index is 12.7. The lowest BCUT2D eigenvalue weighted by molar-refractivity contribution is 0.0935. The van der Waals surface area contributed by atoms with Crippen molar-refractivity contribution in [2.45, 2.75) is 13.0 Å². The minimum atomic E-state index is -0.292. The van der Waals surface area contributed by atoms with Gasteiger partial charge in [0.2, 0.25) is 0 Å². The summed E-state index contributed by atoms with van der Waals surface area (Å²) in [7, 11) is 0. The van der Waals surface area contributed by atoms with Crippen molar-refractivity contribution < 1.29 is 9.21 Å². The van der Waals surface area contributed by atoms with Gasteiger partial charge in [-0.3, -0.25) is 9.78 Å². The molecule has 0 unspecified atom stereocenters. The zero-order chi connectivity index (χ0) is 17.9. The summed E-state index contributed by atoms with van der Waals surface area (Å²) >= 11 is 0. The molecule has 0 spiro atoms. The van der Waals surface area contributed by atoms with Gasteiger partial charge in [-0.25, -0.2) is 4.98 Å². The van der Waals surface area contributed by atoms with Crippen LogP contribution in [0.1, 0.15) is 29.1 Å². The largest absolute Gasteiger partial charge is 0.443 e. The molecule has 5 nitrogen and oxygen atoms in total. The first-order valence-electron chi connectivity index (χ1n) is 8.37. The van der Waals surface area contributed by atoms with Crippen molar-refractivity contribution in [3.63, 3.8) is 0 Å². The standard InChI is InChI=1S/C21H17N3O2/c1-14(18-8-4-5-11-22-18)24-21(25)19-20(26-13-23-19)17-10-9-15-6-2-3-7-16(15)12-17/h2-14H,1H3,(H,24,25)/t14-/m0/s1. The summed E-state index contributed by atoms with van der Waals surface area (Å²) < 4.78 is 5.52. The number of hydrogen-bond acceptors (Lipinski definition) is 4. The molecule has 0 fully saturated rings. The lowest BCUT2D eigenvalue weighted by atomic mass is 10.0. The lowest BCUT2D eigenvalue weighted by Crippen LogP contribution is -2.27. The van der Waals surface area contributed by atoms with Crippen LogP contribution < -0.4 is 5.32 Å². The number of oxazole rings is 1. The summed E-state index contributed by atoms with van der Waals surface area (Å²) in [6, 6.07) is 19.3. The van der Waals surface area contributed by atoms with E-state index in [0.29, 0.717) is 5.76 Å². The van der Waals surface area contributed by atoms with Gasteiger partial charge in [-0.2, -0.15) is 0 Å². The number of hydrogen-bond donors (Lipinski definition) is 1. The van der Waals surface area contributed by atoms with Gasteiger partial charge in [0, 0.05) is 11.8 Å². The predicted molar refractivity (Wildman–Crippen MR) is 99.6 cm³/mol. The Labute approximate surface area is 150 Å². The molecule has 0 radical (unpaired) electrons. The quantitative estimate of drug-likeness (QED) is 0.597. The molecular formula is C21H17N3O2. The van der Waals surface area contributed by atoms with Crippen molar-refractivity contribution >= 4 is 16.7 Å². The summed E-state index contributed by atoms with van der Waals surface area (Å²) in [5, 5.41) is 5.13. The zero-order valence-electron chi connectivity index (χ0n) is 14.2. The van der Waals surface area contributed by atoms with Crippen LogP contribution in [0.4, 0.5) is 0 Å². The molecule has 1 atom stereocenters. The normalized spacial score (nSPS) is 12.0. The number of carbonyl (C=O) groups is 1. The van der Waals surface area contributed by atoms with Crippen LogP contribution in [-0.2, 0) is 0 Å². The van der Waals surface area contributed by atoms with Crippen LogP contribution in [0.25, 0.3) is 22.1 Å². The number of amides is 1. The lowest BCUT2D eigenvalue weighted by Gasteiger charge is -2.12. The van der Waals surface area contributed by atoms with E-state index < -0.39 is 0 Å². The van der Waals surface area contributed by atoms with E-state index in [9.17, 15) is 4.79 Å². The van der Waals surface area contributed by atoms with Gasteiger partial charge in [-0.05, 0) is 35.9 Å². The Balaban J connectivity index is 1.62. The van der Waals surface area contributed by atoms with E-state index in [1.807, 2.05) is 67.6 Å². The number of rotatable bonds is 4. The molecular weight excluding hydrogens is 326 g/mol. The average molecular weight is 343 g/mol. The Hall–Kier alpha value is -3.47. The first-order chi connectivity index (χ1) is 12.7. The van der Waals surface area contributed by atoms with Crippen molar-refractivity contribution in [1.29, 1.82) is 0 Å². The van der Waals surface area contributed by atoms with Gasteiger partial charge in [0.25, 0.3) is 5.91 Å². The minimum Gasteiger partial charge on any atom is -0.443 e. The number of nitrogens with one attached hydrogen (secondary N) is 1. The second-order valence-corrected chi connectivity index (χ2v) is 6.04. The molecule has 1 N–H and O–H groups in total. The van der Waals surface area contributed by atoms with Gasteiger partial charge >= 0.3 is 0 Å². The Bertz CT molecular complexity index is 1060. The highest BCUT2D eigenvalue weighted by Gasteiger charge is 2.20. The van der Waals surface area contributed by atoms with Crippen molar-refractivity contribution in [2.75, 3.05) is 0 Å². The first-order valence-corrected chi connectivity index (χ1v) is 8.37. The smallest absolute Gasteiger partial charge is 0.274 e. The van der Waals surface area contributed by atoms with Crippen LogP contribution in [0, 0.1) is 0 Å². The topological polar surface area (TPSA) is 68.0 Å². The number of benzene rings is 2. The minimum absolute atomic E-state index is 0.232. The zero-order valence-corrected chi connectivity index (χ0v) is 14.2. The second kappa shape index (κ2) is 6.80. The molecule has 0 saturated heterocycles. The SMILES string of the molecule is C[C@H](NC(=O)c1ncoc1-c1ccc2ccccc2c1)c1ccccn1. The molecule has 0 aliphatic rings. The Morgan fingerprint density at radius 3 is 2.62 bits per heavy atom. The third-order valence-electron chi connectivity index (χ3n) is 4.27. The predicted octanol–water partition coefficient (Wildman–Crippen LogP) is 4.38. The molecule has 26 heavy (non-hydrogen) atoms. The van der Waals surface area contributed by atoms with Crippen LogP contribution in [0.3, 0.4) is 0 Å². The fraction of sp³-hybridized carbons (Fsp3) is 0.0952. The fourth-order valence-electron chi connectivity index (χ4n) is 2.91. The van der Waals surface area contributed by atoms with Gasteiger partial charge in [0.15, 0.2) is 17.8 Å². The maximum atomic E-state index is 12.7. The van der Waals surface area contributed by atoms with Crippen LogP contribution in [0.5, 0.6) is 0 Å². The summed E-state index contributed by atoms with van der Waals surface area (Å²) in [6.45, 7) is 1.88. The van der Waals surface area contributed by atoms with Gasteiger partial charge in [-0.15, -0.1) is 0 Å². The number of pyridine rings is 1. The molecule has 2 aromatic heterocycles. The first kappa shape index (κ1) is 16.0. The van der Waals surface area contributed by atoms with E-state index >= 15 is 0 Å². The van der Waals surface area contributed by atoms with E-state index in [-0.39, 0.29) is 17.6 Å². The molecule has 0 aliphatic carbocycles. The number of carbonyl (C=O) groups excluding carboxylic acids is 1. The highest BCUT2D eigenvalue weighted by molar-refractivity contribution is 5.98. The monoisotopic (exact) mass is 343 g/mol. The third-order valence-corrected chi connectivity index (χ3v) is 4.27. The Morgan fingerprint density at radius 1 is 1.00 bits per heavy atom. The number of aromatic nitrogens is 2. The molecule has 0 saturated carbocycles. The van der Waals surface area contributed by atoms with E-state index in [1.165, 1.54) is 6.39 Å². The summed E-state index contributed by atoms with van der Waals surface area (Å²) in [5.41, 5.74) is 1.87. The average Bonchev–Trinajstić information content (AvgIpc) is 3.18. The van der Waals surface area contributed by atoms with Gasteiger partial charge in [0.1, 0.15) is 0 Å². The molecule has 2 heterocycles. The van der Waals surface area contributed by atoms with Gasteiger partial charge in [-0.1, -0.05) is 42.5 Å². The third kappa shape index (κ3) is 3.07. The molecule has 1 amide bonds. The van der Waals surface area contributed by atoms with Crippen LogP contribution in [-0.4, -0.2) is 15.9 Å². The molecule has 4 aromatic rings. The molecule has 5 heteroatoms. The van der Waals surface area contributed by atoms with Crippen molar-refractivity contribution in [2.24, 2.45) is 0 Å². The maximum Gasteiger partial charge on any atom is 0.274 e. The van der Waals surface area contributed by atoms with Crippen molar-refractivity contribution in [1.82, 2.24) is 15.3 Å². The molecule has 2 aromatic carbocycles. The Kier molecular flexibility index (Phi) is 4.19. The summed E-state index contributed by atoms with van der Waals surface area (Å²) in [4.78, 5) is 21.1. The van der Waals surface area contributed by atoms with Crippen molar-refractivity contribution in [3.8, 4) is 11.3 Å².